The van der Waals surface area contributed by atoms with Crippen molar-refractivity contribution in [3.05, 3.63) is 34.6 Å². The molecule has 0 unspecified atom stereocenters. The van der Waals surface area contributed by atoms with Crippen LogP contribution in [0.2, 0.25) is 5.02 Å². The van der Waals surface area contributed by atoms with Gasteiger partial charge in [0.15, 0.2) is 0 Å². The number of amides is 1. The molecule has 3 nitrogen and oxygen atoms in total. The molecule has 0 atom stereocenters. The lowest BCUT2D eigenvalue weighted by Gasteiger charge is -2.29. The smallest absolute Gasteiger partial charge is 0.242 e. The molecule has 20 heavy (non-hydrogen) atoms. The molecule has 1 saturated carbocycles. The van der Waals surface area contributed by atoms with Crippen LogP contribution in [-0.4, -0.2) is 23.4 Å². The van der Waals surface area contributed by atoms with Crippen molar-refractivity contribution in [2.75, 3.05) is 7.05 Å². The van der Waals surface area contributed by atoms with Crippen LogP contribution in [0.25, 0.3) is 0 Å². The van der Waals surface area contributed by atoms with Crippen molar-refractivity contribution in [2.24, 2.45) is 5.73 Å². The molecule has 0 saturated heterocycles. The van der Waals surface area contributed by atoms with Crippen LogP contribution in [0.5, 0.6) is 0 Å². The summed E-state index contributed by atoms with van der Waals surface area (Å²) < 4.78 is 13.7. The third-order valence-corrected chi connectivity index (χ3v) is 4.08. The number of likely N-dealkylation sites (N-methyl/N-ethyl adjacent to an activating group) is 1. The molecular formula is C14H19Cl2FN2O. The van der Waals surface area contributed by atoms with Gasteiger partial charge in [0, 0.05) is 24.2 Å². The molecule has 112 valence electrons. The maximum atomic E-state index is 13.7. The summed E-state index contributed by atoms with van der Waals surface area (Å²) in [5.41, 5.74) is 5.66. The molecule has 0 spiro atoms. The van der Waals surface area contributed by atoms with Crippen molar-refractivity contribution in [3.8, 4) is 0 Å². The number of carbonyl (C=O) groups is 1. The third-order valence-electron chi connectivity index (χ3n) is 3.73. The van der Waals surface area contributed by atoms with Crippen molar-refractivity contribution >= 4 is 29.9 Å². The Balaban J connectivity index is 0.00000200. The number of nitrogens with zero attached hydrogens (tertiary/aromatic N) is 1. The van der Waals surface area contributed by atoms with E-state index in [4.69, 9.17) is 17.3 Å². The second-order valence-corrected chi connectivity index (χ2v) is 5.63. The molecule has 1 aromatic rings. The monoisotopic (exact) mass is 320 g/mol. The first kappa shape index (κ1) is 17.2. The molecule has 1 amide bonds. The Morgan fingerprint density at radius 3 is 2.60 bits per heavy atom. The zero-order valence-electron chi connectivity index (χ0n) is 11.4. The normalized spacial score (nSPS) is 16.6. The predicted molar refractivity (Wildman–Crippen MR) is 80.5 cm³/mol. The van der Waals surface area contributed by atoms with Gasteiger partial charge in [0.2, 0.25) is 5.91 Å². The van der Waals surface area contributed by atoms with Crippen LogP contribution in [0.4, 0.5) is 4.39 Å². The highest BCUT2D eigenvalue weighted by Crippen LogP contribution is 2.29. The number of nitrogens with two attached hydrogens (primary N) is 1. The van der Waals surface area contributed by atoms with Gasteiger partial charge in [0.1, 0.15) is 5.82 Å². The van der Waals surface area contributed by atoms with Crippen LogP contribution in [0.15, 0.2) is 18.2 Å². The van der Waals surface area contributed by atoms with E-state index in [-0.39, 0.29) is 24.9 Å². The number of benzene rings is 1. The van der Waals surface area contributed by atoms with Crippen molar-refractivity contribution in [1.82, 2.24) is 4.90 Å². The summed E-state index contributed by atoms with van der Waals surface area (Å²) in [5.74, 6) is -0.533. The Labute approximate surface area is 129 Å². The van der Waals surface area contributed by atoms with Gasteiger partial charge in [-0.2, -0.15) is 0 Å². The van der Waals surface area contributed by atoms with Crippen molar-refractivity contribution in [1.29, 1.82) is 0 Å². The average Bonchev–Trinajstić information content (AvgIpc) is 2.81. The van der Waals surface area contributed by atoms with Crippen LogP contribution < -0.4 is 5.73 Å². The first-order chi connectivity index (χ1) is 8.94. The van der Waals surface area contributed by atoms with E-state index >= 15 is 0 Å². The van der Waals surface area contributed by atoms with Gasteiger partial charge < -0.3 is 10.6 Å². The van der Waals surface area contributed by atoms with Crippen LogP contribution in [0.3, 0.4) is 0 Å². The standard InChI is InChI=1S/C14H18ClFN2O.ClH/c1-18(13(19)14(17)7-2-3-8-14)9-10-11(15)5-4-6-12(10)16;/h4-6H,2-3,7-9,17H2,1H3;1H. The summed E-state index contributed by atoms with van der Waals surface area (Å²) in [6.45, 7) is 0.142. The van der Waals surface area contributed by atoms with E-state index in [0.29, 0.717) is 23.4 Å². The number of halogens is 3. The first-order valence-electron chi connectivity index (χ1n) is 6.41. The van der Waals surface area contributed by atoms with Gasteiger partial charge in [-0.1, -0.05) is 30.5 Å². The number of rotatable bonds is 3. The zero-order valence-corrected chi connectivity index (χ0v) is 12.9. The summed E-state index contributed by atoms with van der Waals surface area (Å²) in [5, 5.41) is 0.331. The first-order valence-corrected chi connectivity index (χ1v) is 6.79. The molecule has 1 aliphatic rings. The fraction of sp³-hybridized carbons (Fsp3) is 0.500. The van der Waals surface area contributed by atoms with Crippen molar-refractivity contribution in [3.63, 3.8) is 0 Å². The Kier molecular flexibility index (Phi) is 5.80. The molecule has 0 aliphatic heterocycles. The summed E-state index contributed by atoms with van der Waals surface area (Å²) in [6.07, 6.45) is 3.33. The number of hydrogen-bond donors (Lipinski definition) is 1. The molecule has 1 fully saturated rings. The average molecular weight is 321 g/mol. The second kappa shape index (κ2) is 6.74. The summed E-state index contributed by atoms with van der Waals surface area (Å²) in [7, 11) is 1.64. The summed E-state index contributed by atoms with van der Waals surface area (Å²) in [6, 6.07) is 4.50. The molecule has 0 radical (unpaired) electrons. The Morgan fingerprint density at radius 2 is 2.05 bits per heavy atom. The highest BCUT2D eigenvalue weighted by atomic mass is 35.5. The maximum absolute atomic E-state index is 13.7. The lowest BCUT2D eigenvalue weighted by molar-refractivity contribution is -0.136. The van der Waals surface area contributed by atoms with Gasteiger partial charge in [0.05, 0.1) is 5.54 Å². The summed E-state index contributed by atoms with van der Waals surface area (Å²) in [4.78, 5) is 13.8. The molecule has 0 aromatic heterocycles. The fourth-order valence-corrected chi connectivity index (χ4v) is 2.82. The van der Waals surface area contributed by atoms with E-state index in [0.717, 1.165) is 12.8 Å². The zero-order chi connectivity index (χ0) is 14.0. The van der Waals surface area contributed by atoms with Gasteiger partial charge in [-0.15, -0.1) is 12.4 Å². The quantitative estimate of drug-likeness (QED) is 0.930. The van der Waals surface area contributed by atoms with E-state index in [1.807, 2.05) is 0 Å². The molecule has 6 heteroatoms. The largest absolute Gasteiger partial charge is 0.340 e. The lowest BCUT2D eigenvalue weighted by Crippen LogP contribution is -2.52. The van der Waals surface area contributed by atoms with E-state index < -0.39 is 11.4 Å². The molecule has 0 heterocycles. The van der Waals surface area contributed by atoms with Gasteiger partial charge in [0.25, 0.3) is 0 Å². The molecule has 2 rings (SSSR count). The molecule has 0 bridgehead atoms. The minimum Gasteiger partial charge on any atom is -0.340 e. The lowest BCUT2D eigenvalue weighted by atomic mass is 9.97. The topological polar surface area (TPSA) is 46.3 Å². The van der Waals surface area contributed by atoms with E-state index in [1.165, 1.54) is 11.0 Å². The minimum absolute atomic E-state index is 0. The van der Waals surface area contributed by atoms with Gasteiger partial charge in [-0.05, 0) is 25.0 Å². The van der Waals surface area contributed by atoms with Gasteiger partial charge in [-0.3, -0.25) is 4.79 Å². The van der Waals surface area contributed by atoms with E-state index in [2.05, 4.69) is 0 Å². The van der Waals surface area contributed by atoms with E-state index in [1.54, 1.807) is 19.2 Å². The van der Waals surface area contributed by atoms with Crippen LogP contribution in [0, 0.1) is 5.82 Å². The van der Waals surface area contributed by atoms with E-state index in [9.17, 15) is 9.18 Å². The molecule has 1 aromatic carbocycles. The van der Waals surface area contributed by atoms with Crippen molar-refractivity contribution < 1.29 is 9.18 Å². The predicted octanol–water partition coefficient (Wildman–Crippen LogP) is 3.13. The SMILES string of the molecule is CN(Cc1c(F)cccc1Cl)C(=O)C1(N)CCCC1.Cl. The Hall–Kier alpha value is -0.840. The van der Waals surface area contributed by atoms with Gasteiger partial charge >= 0.3 is 0 Å². The van der Waals surface area contributed by atoms with Crippen LogP contribution >= 0.6 is 24.0 Å². The van der Waals surface area contributed by atoms with Crippen LogP contribution in [-0.2, 0) is 11.3 Å². The third kappa shape index (κ3) is 3.43. The second-order valence-electron chi connectivity index (χ2n) is 5.22. The summed E-state index contributed by atoms with van der Waals surface area (Å²) >= 11 is 5.96. The molecule has 1 aliphatic carbocycles. The molecular weight excluding hydrogens is 302 g/mol. The minimum atomic E-state index is -0.785. The molecule has 2 N–H and O–H groups in total. The van der Waals surface area contributed by atoms with Crippen molar-refractivity contribution in [2.45, 2.75) is 37.8 Å². The van der Waals surface area contributed by atoms with Crippen LogP contribution in [0.1, 0.15) is 31.2 Å². The van der Waals surface area contributed by atoms with Gasteiger partial charge in [-0.25, -0.2) is 4.39 Å². The number of hydrogen-bond acceptors (Lipinski definition) is 2. The number of carbonyl (C=O) groups excluding carboxylic acids is 1. The Morgan fingerprint density at radius 1 is 1.45 bits per heavy atom. The highest BCUT2D eigenvalue weighted by molar-refractivity contribution is 6.31. The highest BCUT2D eigenvalue weighted by Gasteiger charge is 2.39. The maximum Gasteiger partial charge on any atom is 0.242 e. The Bertz CT molecular complexity index is 470. The fourth-order valence-electron chi connectivity index (χ4n) is 2.59.